The molecule has 0 fully saturated rings. The summed E-state index contributed by atoms with van der Waals surface area (Å²) < 4.78 is 1.79. The average molecular weight is 304 g/mol. The fraction of sp³-hybridized carbons (Fsp3) is 0.0667. The Morgan fingerprint density at radius 2 is 1.65 bits per heavy atom. The highest BCUT2D eigenvalue weighted by Crippen LogP contribution is 2.27. The van der Waals surface area contributed by atoms with E-state index in [2.05, 4.69) is 10.3 Å². The summed E-state index contributed by atoms with van der Waals surface area (Å²) in [7, 11) is 0. The first-order valence-electron chi connectivity index (χ1n) is 6.11. The predicted molar refractivity (Wildman–Crippen MR) is 81.4 cm³/mol. The SMILES string of the molecule is ClCc1nnn(-c2ccccc2)c1-c1ccc(Cl)cc1. The summed E-state index contributed by atoms with van der Waals surface area (Å²) >= 11 is 11.9. The van der Waals surface area contributed by atoms with Gasteiger partial charge in [-0.2, -0.15) is 0 Å². The first-order chi connectivity index (χ1) is 9.79. The van der Waals surface area contributed by atoms with Gasteiger partial charge in [0, 0.05) is 10.6 Å². The molecule has 1 heterocycles. The molecule has 0 aliphatic rings. The molecule has 0 spiro atoms. The van der Waals surface area contributed by atoms with Crippen molar-refractivity contribution >= 4 is 23.2 Å². The second-order valence-electron chi connectivity index (χ2n) is 4.27. The Bertz CT molecular complexity index is 706. The average Bonchev–Trinajstić information content (AvgIpc) is 2.93. The highest BCUT2D eigenvalue weighted by atomic mass is 35.5. The van der Waals surface area contributed by atoms with Crippen LogP contribution in [-0.2, 0) is 5.88 Å². The van der Waals surface area contributed by atoms with E-state index in [1.54, 1.807) is 4.68 Å². The first-order valence-corrected chi connectivity index (χ1v) is 7.03. The number of alkyl halides is 1. The van der Waals surface area contributed by atoms with E-state index in [1.165, 1.54) is 0 Å². The summed E-state index contributed by atoms with van der Waals surface area (Å²) in [5, 5.41) is 9.06. The normalized spacial score (nSPS) is 10.7. The maximum atomic E-state index is 5.97. The molecule has 5 heteroatoms. The molecule has 3 nitrogen and oxygen atoms in total. The van der Waals surface area contributed by atoms with Crippen LogP contribution in [0, 0.1) is 0 Å². The van der Waals surface area contributed by atoms with Gasteiger partial charge >= 0.3 is 0 Å². The topological polar surface area (TPSA) is 30.7 Å². The van der Waals surface area contributed by atoms with Crippen molar-refractivity contribution in [1.29, 1.82) is 0 Å². The van der Waals surface area contributed by atoms with Crippen molar-refractivity contribution in [3.63, 3.8) is 0 Å². The highest BCUT2D eigenvalue weighted by Gasteiger charge is 2.15. The molecule has 0 aliphatic heterocycles. The standard InChI is InChI=1S/C15H11Cl2N3/c16-10-14-15(11-6-8-12(17)9-7-11)20(19-18-14)13-4-2-1-3-5-13/h1-9H,10H2. The van der Waals surface area contributed by atoms with Crippen molar-refractivity contribution in [2.45, 2.75) is 5.88 Å². The van der Waals surface area contributed by atoms with Gasteiger partial charge in [-0.15, -0.1) is 16.7 Å². The fourth-order valence-electron chi connectivity index (χ4n) is 2.05. The Hall–Kier alpha value is -1.84. The van der Waals surface area contributed by atoms with Gasteiger partial charge in [0.2, 0.25) is 0 Å². The summed E-state index contributed by atoms with van der Waals surface area (Å²) in [6, 6.07) is 17.4. The Labute approximate surface area is 126 Å². The third-order valence-electron chi connectivity index (χ3n) is 2.99. The van der Waals surface area contributed by atoms with Crippen molar-refractivity contribution in [3.05, 3.63) is 65.3 Å². The van der Waals surface area contributed by atoms with Crippen molar-refractivity contribution < 1.29 is 0 Å². The second kappa shape index (κ2) is 5.65. The Morgan fingerprint density at radius 3 is 2.30 bits per heavy atom. The summed E-state index contributed by atoms with van der Waals surface area (Å²) in [5.74, 6) is 0.310. The van der Waals surface area contributed by atoms with Crippen LogP contribution in [0.1, 0.15) is 5.69 Å². The van der Waals surface area contributed by atoms with Crippen molar-refractivity contribution in [3.8, 4) is 16.9 Å². The van der Waals surface area contributed by atoms with Crippen LogP contribution in [0.15, 0.2) is 54.6 Å². The monoisotopic (exact) mass is 303 g/mol. The minimum absolute atomic E-state index is 0.310. The molecule has 0 atom stereocenters. The molecule has 0 aliphatic carbocycles. The smallest absolute Gasteiger partial charge is 0.106 e. The van der Waals surface area contributed by atoms with Gasteiger partial charge in [-0.05, 0) is 24.3 Å². The zero-order chi connectivity index (χ0) is 13.9. The van der Waals surface area contributed by atoms with Crippen LogP contribution < -0.4 is 0 Å². The van der Waals surface area contributed by atoms with Gasteiger partial charge in [-0.25, -0.2) is 4.68 Å². The molecule has 3 rings (SSSR count). The van der Waals surface area contributed by atoms with E-state index in [9.17, 15) is 0 Å². The molecule has 0 saturated carbocycles. The minimum atomic E-state index is 0.310. The van der Waals surface area contributed by atoms with Crippen molar-refractivity contribution in [2.24, 2.45) is 0 Å². The molecular formula is C15H11Cl2N3. The lowest BCUT2D eigenvalue weighted by molar-refractivity contribution is 0.804. The summed E-state index contributed by atoms with van der Waals surface area (Å²) in [4.78, 5) is 0. The first kappa shape index (κ1) is 13.2. The molecule has 0 saturated heterocycles. The largest absolute Gasteiger partial charge is 0.213 e. The minimum Gasteiger partial charge on any atom is -0.213 e. The van der Waals surface area contributed by atoms with E-state index in [4.69, 9.17) is 23.2 Å². The van der Waals surface area contributed by atoms with E-state index >= 15 is 0 Å². The number of aromatic nitrogens is 3. The highest BCUT2D eigenvalue weighted by molar-refractivity contribution is 6.30. The summed E-state index contributed by atoms with van der Waals surface area (Å²) in [6.07, 6.45) is 0. The van der Waals surface area contributed by atoms with Crippen molar-refractivity contribution in [2.75, 3.05) is 0 Å². The Morgan fingerprint density at radius 1 is 0.950 bits per heavy atom. The summed E-state index contributed by atoms with van der Waals surface area (Å²) in [6.45, 7) is 0. The quantitative estimate of drug-likeness (QED) is 0.674. The van der Waals surface area contributed by atoms with Gasteiger partial charge in [0.1, 0.15) is 5.69 Å². The molecule has 0 bridgehead atoms. The molecule has 2 aromatic carbocycles. The van der Waals surface area contributed by atoms with Gasteiger partial charge in [0.25, 0.3) is 0 Å². The molecule has 0 N–H and O–H groups in total. The van der Waals surface area contributed by atoms with Crippen LogP contribution in [-0.4, -0.2) is 15.0 Å². The lowest BCUT2D eigenvalue weighted by Crippen LogP contribution is -1.99. The van der Waals surface area contributed by atoms with E-state index in [1.807, 2.05) is 54.6 Å². The predicted octanol–water partition coefficient (Wildman–Crippen LogP) is 4.33. The van der Waals surface area contributed by atoms with Crippen LogP contribution in [0.25, 0.3) is 16.9 Å². The van der Waals surface area contributed by atoms with Crippen LogP contribution in [0.5, 0.6) is 0 Å². The molecule has 0 amide bonds. The van der Waals surface area contributed by atoms with E-state index in [0.717, 1.165) is 22.6 Å². The maximum absolute atomic E-state index is 5.97. The number of rotatable bonds is 3. The zero-order valence-corrected chi connectivity index (χ0v) is 12.0. The van der Waals surface area contributed by atoms with Gasteiger partial charge < -0.3 is 0 Å². The van der Waals surface area contributed by atoms with Crippen LogP contribution in [0.4, 0.5) is 0 Å². The third-order valence-corrected chi connectivity index (χ3v) is 3.49. The van der Waals surface area contributed by atoms with Gasteiger partial charge in [0.15, 0.2) is 0 Å². The lowest BCUT2D eigenvalue weighted by Gasteiger charge is -2.07. The van der Waals surface area contributed by atoms with E-state index in [0.29, 0.717) is 10.9 Å². The molecular weight excluding hydrogens is 293 g/mol. The Kier molecular flexibility index (Phi) is 3.72. The summed E-state index contributed by atoms with van der Waals surface area (Å²) in [5.41, 5.74) is 3.57. The number of nitrogens with zero attached hydrogens (tertiary/aromatic N) is 3. The van der Waals surface area contributed by atoms with Crippen LogP contribution >= 0.6 is 23.2 Å². The van der Waals surface area contributed by atoms with Gasteiger partial charge in [-0.1, -0.05) is 47.1 Å². The number of hydrogen-bond acceptors (Lipinski definition) is 2. The number of benzene rings is 2. The lowest BCUT2D eigenvalue weighted by atomic mass is 10.1. The number of hydrogen-bond donors (Lipinski definition) is 0. The van der Waals surface area contributed by atoms with Gasteiger partial charge in [-0.3, -0.25) is 0 Å². The molecule has 100 valence electrons. The van der Waals surface area contributed by atoms with Crippen LogP contribution in [0.3, 0.4) is 0 Å². The zero-order valence-electron chi connectivity index (χ0n) is 10.5. The molecule has 0 unspecified atom stereocenters. The van der Waals surface area contributed by atoms with E-state index in [-0.39, 0.29) is 0 Å². The van der Waals surface area contributed by atoms with E-state index < -0.39 is 0 Å². The van der Waals surface area contributed by atoms with Crippen molar-refractivity contribution in [1.82, 2.24) is 15.0 Å². The number of halogens is 2. The second-order valence-corrected chi connectivity index (χ2v) is 4.98. The van der Waals surface area contributed by atoms with Crippen LogP contribution in [0.2, 0.25) is 5.02 Å². The van der Waals surface area contributed by atoms with Gasteiger partial charge in [0.05, 0.1) is 17.3 Å². The molecule has 20 heavy (non-hydrogen) atoms. The molecule has 3 aromatic rings. The maximum Gasteiger partial charge on any atom is 0.106 e. The Balaban J connectivity index is 2.18. The number of para-hydroxylation sites is 1. The molecule has 0 radical (unpaired) electrons. The molecule has 1 aromatic heterocycles. The fourth-order valence-corrected chi connectivity index (χ4v) is 2.36. The third kappa shape index (κ3) is 2.42.